The first-order valence-corrected chi connectivity index (χ1v) is 30.4. The van der Waals surface area contributed by atoms with Crippen LogP contribution in [0.25, 0.3) is 0 Å². The molecule has 69 heavy (non-hydrogen) atoms. The molecular formula is C56H108Na2O10S. The van der Waals surface area contributed by atoms with Gasteiger partial charge in [-0.3, -0.25) is 8.42 Å². The van der Waals surface area contributed by atoms with E-state index in [-0.39, 0.29) is 59.1 Å². The van der Waals surface area contributed by atoms with E-state index >= 15 is 0 Å². The molecule has 0 aromatic carbocycles. The van der Waals surface area contributed by atoms with Gasteiger partial charge in [0, 0.05) is 36.8 Å². The third kappa shape index (κ3) is 43.4. The van der Waals surface area contributed by atoms with Crippen molar-refractivity contribution in [2.24, 2.45) is 0 Å². The van der Waals surface area contributed by atoms with Crippen LogP contribution in [-0.2, 0) is 38.8 Å². The zero-order valence-electron chi connectivity index (χ0n) is 46.2. The smallest absolute Gasteiger partial charge is 0.759 e. The second kappa shape index (κ2) is 49.2. The Morgan fingerprint density at radius 2 is 0.522 bits per heavy atom. The van der Waals surface area contributed by atoms with Gasteiger partial charge in [-0.05, 0) is 77.0 Å². The Bertz CT molecular complexity index is 1020. The Morgan fingerprint density at radius 3 is 0.667 bits per heavy atom. The van der Waals surface area contributed by atoms with Gasteiger partial charge in [0.1, 0.15) is 0 Å². The van der Waals surface area contributed by atoms with Gasteiger partial charge in [-0.1, -0.05) is 207 Å². The molecule has 8 unspecified atom stereocenters. The van der Waals surface area contributed by atoms with Crippen LogP contribution in [0.5, 0.6) is 0 Å². The molecule has 0 amide bonds. The number of ether oxygens (including phenoxy) is 6. The molecule has 0 aromatic rings. The van der Waals surface area contributed by atoms with E-state index < -0.39 is 10.4 Å². The predicted octanol–water partition coefficient (Wildman–Crippen LogP) is 9.43. The molecule has 400 valence electrons. The summed E-state index contributed by atoms with van der Waals surface area (Å²) in [6.07, 6.45) is 56.0. The molecule has 13 heteroatoms. The van der Waals surface area contributed by atoms with Crippen molar-refractivity contribution in [3.63, 3.8) is 0 Å². The van der Waals surface area contributed by atoms with E-state index in [4.69, 9.17) is 45.9 Å². The first-order valence-electron chi connectivity index (χ1n) is 29.1. The maximum atomic E-state index is 8.52. The minimum absolute atomic E-state index is 0. The SMILES string of the molecule is CCCCCCCCCC(CC1CCO1)OC(CCCCCCCCC)CC1CCO1.CCCCCCCCCC(CC1CCO1)OC(CCCCCCCCC)CC1CCO1.O=S(=O)([O-])[O-].[Na+].[Na+]. The van der Waals surface area contributed by atoms with Gasteiger partial charge in [0.15, 0.2) is 0 Å². The van der Waals surface area contributed by atoms with Gasteiger partial charge < -0.3 is 37.5 Å². The van der Waals surface area contributed by atoms with Crippen molar-refractivity contribution in [1.82, 2.24) is 0 Å². The number of hydrogen-bond acceptors (Lipinski definition) is 10. The largest absolute Gasteiger partial charge is 1.00 e. The van der Waals surface area contributed by atoms with Crippen molar-refractivity contribution in [1.29, 1.82) is 0 Å². The molecule has 0 saturated carbocycles. The van der Waals surface area contributed by atoms with Crippen LogP contribution in [0.2, 0.25) is 0 Å². The zero-order chi connectivity index (χ0) is 48.5. The van der Waals surface area contributed by atoms with Crippen LogP contribution < -0.4 is 59.1 Å². The molecule has 0 radical (unpaired) electrons. The summed E-state index contributed by atoms with van der Waals surface area (Å²) in [4.78, 5) is 0. The molecule has 4 fully saturated rings. The van der Waals surface area contributed by atoms with E-state index in [1.807, 2.05) is 0 Å². The molecule has 0 aliphatic carbocycles. The molecule has 4 rings (SSSR count). The van der Waals surface area contributed by atoms with Crippen molar-refractivity contribution in [2.45, 2.75) is 333 Å². The first kappa shape index (κ1) is 70.6. The van der Waals surface area contributed by atoms with Gasteiger partial charge in [0.05, 0.1) is 48.8 Å². The summed E-state index contributed by atoms with van der Waals surface area (Å²) in [7, 11) is -5.17. The third-order valence-corrected chi connectivity index (χ3v) is 14.6. The van der Waals surface area contributed by atoms with E-state index in [2.05, 4.69) is 27.7 Å². The molecular weight excluding hydrogens is 911 g/mol. The molecule has 8 atom stereocenters. The minimum atomic E-state index is -5.17. The predicted molar refractivity (Wildman–Crippen MR) is 274 cm³/mol. The third-order valence-electron chi connectivity index (χ3n) is 14.6. The van der Waals surface area contributed by atoms with Gasteiger partial charge in [-0.2, -0.15) is 0 Å². The Balaban J connectivity index is 0.00000119. The fourth-order valence-corrected chi connectivity index (χ4v) is 9.88. The Labute approximate surface area is 471 Å². The Kier molecular flexibility index (Phi) is 50.4. The molecule has 0 spiro atoms. The average molecular weight is 1020 g/mol. The second-order valence-electron chi connectivity index (χ2n) is 20.9. The van der Waals surface area contributed by atoms with Gasteiger partial charge in [0.25, 0.3) is 0 Å². The van der Waals surface area contributed by atoms with Crippen molar-refractivity contribution in [3.05, 3.63) is 0 Å². The maximum absolute atomic E-state index is 8.52. The zero-order valence-corrected chi connectivity index (χ0v) is 51.0. The van der Waals surface area contributed by atoms with Crippen molar-refractivity contribution in [3.8, 4) is 0 Å². The monoisotopic (exact) mass is 1020 g/mol. The van der Waals surface area contributed by atoms with E-state index in [0.717, 1.165) is 52.1 Å². The van der Waals surface area contributed by atoms with Crippen LogP contribution in [0.1, 0.15) is 285 Å². The van der Waals surface area contributed by atoms with Gasteiger partial charge in [-0.25, -0.2) is 0 Å². The van der Waals surface area contributed by atoms with Crippen LogP contribution >= 0.6 is 0 Å². The molecule has 4 saturated heterocycles. The quantitative estimate of drug-likeness (QED) is 0.0252. The van der Waals surface area contributed by atoms with Crippen LogP contribution in [0.15, 0.2) is 0 Å². The fraction of sp³-hybridized carbons (Fsp3) is 1.00. The summed E-state index contributed by atoms with van der Waals surface area (Å²) in [5.41, 5.74) is 0. The molecule has 0 bridgehead atoms. The molecule has 10 nitrogen and oxygen atoms in total. The number of unbranched alkanes of at least 4 members (excludes halogenated alkanes) is 24. The van der Waals surface area contributed by atoms with E-state index in [0.29, 0.717) is 48.8 Å². The fourth-order valence-electron chi connectivity index (χ4n) is 9.88. The minimum Gasteiger partial charge on any atom is -0.759 e. The summed E-state index contributed by atoms with van der Waals surface area (Å²) in [6.45, 7) is 13.0. The summed E-state index contributed by atoms with van der Waals surface area (Å²) in [5.74, 6) is 0. The number of hydrogen-bond donors (Lipinski definition) is 0. The topological polar surface area (TPSA) is 136 Å². The van der Waals surface area contributed by atoms with E-state index in [1.165, 1.54) is 231 Å². The van der Waals surface area contributed by atoms with Crippen molar-refractivity contribution >= 4 is 10.4 Å². The first-order chi connectivity index (χ1) is 32.6. The summed E-state index contributed by atoms with van der Waals surface area (Å²) in [5, 5.41) is 0. The molecule has 4 aliphatic heterocycles. The summed E-state index contributed by atoms with van der Waals surface area (Å²) in [6, 6.07) is 0. The van der Waals surface area contributed by atoms with Crippen molar-refractivity contribution in [2.75, 3.05) is 26.4 Å². The molecule has 0 N–H and O–H groups in total. The maximum Gasteiger partial charge on any atom is 1.00 e. The van der Waals surface area contributed by atoms with Crippen LogP contribution in [0.4, 0.5) is 0 Å². The second-order valence-corrected chi connectivity index (χ2v) is 21.7. The van der Waals surface area contributed by atoms with Crippen molar-refractivity contribution < 1.29 is 105 Å². The summed E-state index contributed by atoms with van der Waals surface area (Å²) >= 11 is 0. The van der Waals surface area contributed by atoms with Crippen LogP contribution in [-0.4, -0.2) is 92.8 Å². The van der Waals surface area contributed by atoms with Gasteiger partial charge in [-0.15, -0.1) is 0 Å². The van der Waals surface area contributed by atoms with E-state index in [1.54, 1.807) is 0 Å². The van der Waals surface area contributed by atoms with Gasteiger partial charge >= 0.3 is 59.1 Å². The van der Waals surface area contributed by atoms with Crippen LogP contribution in [0, 0.1) is 0 Å². The Hall–Kier alpha value is 1.63. The van der Waals surface area contributed by atoms with Gasteiger partial charge in [0.2, 0.25) is 0 Å². The normalized spacial score (nSPS) is 21.2. The number of rotatable bonds is 44. The molecule has 0 aromatic heterocycles. The summed E-state index contributed by atoms with van der Waals surface area (Å²) < 4.78 is 70.7. The van der Waals surface area contributed by atoms with Crippen LogP contribution in [0.3, 0.4) is 0 Å². The van der Waals surface area contributed by atoms with E-state index in [9.17, 15) is 0 Å². The molecule has 4 heterocycles. The standard InChI is InChI=1S/2C28H54O3.2Na.H2O4S/c2*1-3-5-7-9-11-13-15-17-27(23-25-19-21-29-25)31-28(24-26-20-22-30-26)18-16-14-12-10-8-6-4-2;;;1-5(2,3)4/h2*25-28H,3-24H2,1-2H3;;;(H2,1,2,3,4)/q;;2*+1;/p-2. The molecule has 4 aliphatic rings. The Morgan fingerprint density at radius 1 is 0.362 bits per heavy atom. The average Bonchev–Trinajstić information content (AvgIpc) is 3.23.